The number of rotatable bonds is 4. The molecule has 194 valence electrons. The normalized spacial score (nSPS) is 11.6. The summed E-state index contributed by atoms with van der Waals surface area (Å²) in [5.41, 5.74) is 9.02. The van der Waals surface area contributed by atoms with Gasteiger partial charge in [-0.1, -0.05) is 42.2 Å². The number of anilines is 1. The third kappa shape index (κ3) is 4.44. The van der Waals surface area contributed by atoms with Crippen LogP contribution in [-0.2, 0) is 0 Å². The van der Waals surface area contributed by atoms with Crippen LogP contribution in [0.3, 0.4) is 0 Å². The number of carbonyl (C=O) groups excluding carboxylic acids is 1. The number of hydrogen-bond donors (Lipinski definition) is 2. The molecule has 1 amide bonds. The fourth-order valence-electron chi connectivity index (χ4n) is 4.69. The zero-order valence-corrected chi connectivity index (χ0v) is 21.4. The summed E-state index contributed by atoms with van der Waals surface area (Å²) < 4.78 is 3.07. The van der Waals surface area contributed by atoms with Crippen LogP contribution in [0, 0.1) is 11.8 Å². The van der Waals surface area contributed by atoms with E-state index in [2.05, 4.69) is 32.2 Å². The van der Waals surface area contributed by atoms with Crippen LogP contribution in [-0.4, -0.2) is 30.1 Å². The number of nitrogen functional groups attached to an aromatic ring is 1. The van der Waals surface area contributed by atoms with E-state index < -0.39 is 11.9 Å². The highest BCUT2D eigenvalue weighted by Gasteiger charge is 2.23. The van der Waals surface area contributed by atoms with Crippen LogP contribution in [0.5, 0.6) is 0 Å². The Morgan fingerprint density at radius 1 is 0.975 bits per heavy atom. The van der Waals surface area contributed by atoms with Crippen molar-refractivity contribution in [3.05, 3.63) is 130 Å². The zero-order valence-electron chi connectivity index (χ0n) is 21.4. The molecule has 6 aromatic rings. The quantitative estimate of drug-likeness (QED) is 0.337. The number of nitrogens with two attached hydrogens (primary N) is 1. The molecule has 9 nitrogen and oxygen atoms in total. The standard InChI is InChI=1S/C31H23N7O2/c1-20(35-30(39)27-28(32)36-37-18-6-15-34-29(27)37)25-19-23-8-5-7-22(12-11-21-13-16-33-17-14-21)26(23)31(40)38(25)24-9-3-2-4-10-24/h2-10,13-20H,1H3,(H2,32,36)(H,35,39). The molecule has 1 atom stereocenters. The second-order valence-electron chi connectivity index (χ2n) is 9.14. The highest BCUT2D eigenvalue weighted by molar-refractivity contribution is 6.04. The lowest BCUT2D eigenvalue weighted by molar-refractivity contribution is 0.0941. The first-order valence-electron chi connectivity index (χ1n) is 12.6. The zero-order chi connectivity index (χ0) is 27.6. The van der Waals surface area contributed by atoms with Gasteiger partial charge in [0, 0.05) is 47.3 Å². The van der Waals surface area contributed by atoms with Crippen LogP contribution in [0.15, 0.2) is 102 Å². The van der Waals surface area contributed by atoms with Crippen molar-refractivity contribution in [2.45, 2.75) is 13.0 Å². The molecule has 4 heterocycles. The van der Waals surface area contributed by atoms with Crippen molar-refractivity contribution in [1.82, 2.24) is 29.5 Å². The fourth-order valence-corrected chi connectivity index (χ4v) is 4.69. The maximum atomic E-state index is 14.2. The molecule has 0 aliphatic rings. The van der Waals surface area contributed by atoms with Gasteiger partial charge in [-0.2, -0.15) is 0 Å². The molecule has 2 aromatic carbocycles. The summed E-state index contributed by atoms with van der Waals surface area (Å²) in [6.07, 6.45) is 6.59. The molecule has 0 saturated heterocycles. The number of amides is 1. The Balaban J connectivity index is 1.48. The van der Waals surface area contributed by atoms with Crippen LogP contribution in [0.25, 0.3) is 22.1 Å². The SMILES string of the molecule is CC(NC(=O)c1c(N)nn2cccnc12)c1cc2cccc(C#Cc3ccncc3)c2c(=O)n1-c1ccccc1. The first kappa shape index (κ1) is 24.6. The third-order valence-corrected chi connectivity index (χ3v) is 6.55. The number of nitrogens with one attached hydrogen (secondary N) is 1. The Bertz CT molecular complexity index is 2000. The van der Waals surface area contributed by atoms with Gasteiger partial charge in [0.2, 0.25) is 0 Å². The van der Waals surface area contributed by atoms with E-state index in [-0.39, 0.29) is 16.9 Å². The predicted molar refractivity (Wildman–Crippen MR) is 153 cm³/mol. The molecule has 0 saturated carbocycles. The molecule has 40 heavy (non-hydrogen) atoms. The Morgan fingerprint density at radius 3 is 2.58 bits per heavy atom. The van der Waals surface area contributed by atoms with E-state index in [1.165, 1.54) is 4.52 Å². The van der Waals surface area contributed by atoms with Crippen LogP contribution >= 0.6 is 0 Å². The number of carbonyl (C=O) groups is 1. The molecule has 4 aromatic heterocycles. The van der Waals surface area contributed by atoms with Crippen molar-refractivity contribution in [1.29, 1.82) is 0 Å². The lowest BCUT2D eigenvalue weighted by Gasteiger charge is -2.21. The molecule has 9 heteroatoms. The van der Waals surface area contributed by atoms with Gasteiger partial charge in [0.15, 0.2) is 11.5 Å². The van der Waals surface area contributed by atoms with E-state index in [1.807, 2.05) is 73.7 Å². The molecular weight excluding hydrogens is 502 g/mol. The Kier molecular flexibility index (Phi) is 6.26. The van der Waals surface area contributed by atoms with Gasteiger partial charge in [0.25, 0.3) is 11.5 Å². The van der Waals surface area contributed by atoms with E-state index in [0.29, 0.717) is 33.4 Å². The molecule has 0 fully saturated rings. The van der Waals surface area contributed by atoms with Crippen molar-refractivity contribution in [3.63, 3.8) is 0 Å². The maximum Gasteiger partial charge on any atom is 0.264 e. The minimum atomic E-state index is -0.575. The van der Waals surface area contributed by atoms with Gasteiger partial charge in [-0.3, -0.25) is 19.1 Å². The summed E-state index contributed by atoms with van der Waals surface area (Å²) in [7, 11) is 0. The topological polar surface area (TPSA) is 120 Å². The van der Waals surface area contributed by atoms with Gasteiger partial charge in [-0.15, -0.1) is 5.10 Å². The summed E-state index contributed by atoms with van der Waals surface area (Å²) in [4.78, 5) is 35.8. The number of para-hydroxylation sites is 1. The summed E-state index contributed by atoms with van der Waals surface area (Å²) in [5, 5.41) is 8.38. The second kappa shape index (κ2) is 10.2. The number of aromatic nitrogens is 5. The summed E-state index contributed by atoms with van der Waals surface area (Å²) in [6, 6.07) is 21.5. The molecule has 0 spiro atoms. The third-order valence-electron chi connectivity index (χ3n) is 6.55. The van der Waals surface area contributed by atoms with Gasteiger partial charge in [-0.25, -0.2) is 9.50 Å². The molecular formula is C31H23N7O2. The Morgan fingerprint density at radius 2 is 1.77 bits per heavy atom. The van der Waals surface area contributed by atoms with Crippen molar-refractivity contribution >= 4 is 28.1 Å². The van der Waals surface area contributed by atoms with E-state index in [1.54, 1.807) is 35.4 Å². The van der Waals surface area contributed by atoms with Gasteiger partial charge < -0.3 is 11.1 Å². The van der Waals surface area contributed by atoms with Gasteiger partial charge >= 0.3 is 0 Å². The highest BCUT2D eigenvalue weighted by atomic mass is 16.2. The van der Waals surface area contributed by atoms with E-state index >= 15 is 0 Å². The van der Waals surface area contributed by atoms with Gasteiger partial charge in [0.1, 0.15) is 5.56 Å². The maximum absolute atomic E-state index is 14.2. The molecule has 6 rings (SSSR count). The highest BCUT2D eigenvalue weighted by Crippen LogP contribution is 2.24. The van der Waals surface area contributed by atoms with Crippen LogP contribution in [0.4, 0.5) is 5.82 Å². The predicted octanol–water partition coefficient (Wildman–Crippen LogP) is 3.90. The molecule has 0 aliphatic carbocycles. The first-order chi connectivity index (χ1) is 19.5. The van der Waals surface area contributed by atoms with Crippen molar-refractivity contribution in [3.8, 4) is 17.5 Å². The van der Waals surface area contributed by atoms with E-state index in [0.717, 1.165) is 5.56 Å². The average Bonchev–Trinajstić information content (AvgIpc) is 3.32. The summed E-state index contributed by atoms with van der Waals surface area (Å²) in [6.45, 7) is 1.82. The monoisotopic (exact) mass is 525 g/mol. The molecule has 3 N–H and O–H groups in total. The molecule has 0 radical (unpaired) electrons. The Labute approximate surface area is 228 Å². The molecule has 0 aliphatic heterocycles. The van der Waals surface area contributed by atoms with E-state index in [9.17, 15) is 9.59 Å². The first-order valence-corrected chi connectivity index (χ1v) is 12.6. The van der Waals surface area contributed by atoms with Crippen molar-refractivity contribution in [2.24, 2.45) is 0 Å². The lowest BCUT2D eigenvalue weighted by Crippen LogP contribution is -2.32. The number of fused-ring (bicyclic) bond motifs is 2. The van der Waals surface area contributed by atoms with Crippen molar-refractivity contribution < 1.29 is 4.79 Å². The van der Waals surface area contributed by atoms with E-state index in [4.69, 9.17) is 5.73 Å². The smallest absolute Gasteiger partial charge is 0.264 e. The lowest BCUT2D eigenvalue weighted by atomic mass is 10.0. The van der Waals surface area contributed by atoms with Gasteiger partial charge in [0.05, 0.1) is 11.4 Å². The van der Waals surface area contributed by atoms with Crippen LogP contribution in [0.1, 0.15) is 40.1 Å². The second-order valence-corrected chi connectivity index (χ2v) is 9.14. The van der Waals surface area contributed by atoms with Crippen molar-refractivity contribution in [2.75, 3.05) is 5.73 Å². The molecule has 1 unspecified atom stereocenters. The van der Waals surface area contributed by atoms with Crippen LogP contribution in [0.2, 0.25) is 0 Å². The average molecular weight is 526 g/mol. The minimum Gasteiger partial charge on any atom is -0.381 e. The van der Waals surface area contributed by atoms with Crippen LogP contribution < -0.4 is 16.6 Å². The largest absolute Gasteiger partial charge is 0.381 e. The summed E-state index contributed by atoms with van der Waals surface area (Å²) in [5.74, 6) is 5.90. The fraction of sp³-hybridized carbons (Fsp3) is 0.0645. The van der Waals surface area contributed by atoms with Gasteiger partial charge in [-0.05, 0) is 54.8 Å². The summed E-state index contributed by atoms with van der Waals surface area (Å²) >= 11 is 0. The Hall–Kier alpha value is -5.75. The number of nitrogens with zero attached hydrogens (tertiary/aromatic N) is 5. The molecule has 0 bridgehead atoms. The minimum absolute atomic E-state index is 0.0692. The number of benzene rings is 2. The number of pyridine rings is 2. The number of hydrogen-bond acceptors (Lipinski definition) is 6.